The molecule has 2 unspecified atom stereocenters. The van der Waals surface area contributed by atoms with E-state index in [0.29, 0.717) is 12.0 Å². The topological polar surface area (TPSA) is 39.1 Å². The lowest BCUT2D eigenvalue weighted by Crippen LogP contribution is -2.38. The first-order valence-corrected chi connectivity index (χ1v) is 5.96. The van der Waals surface area contributed by atoms with Gasteiger partial charge in [-0.15, -0.1) is 0 Å². The average molecular weight is 223 g/mol. The van der Waals surface area contributed by atoms with Crippen LogP contribution in [0.15, 0.2) is 6.07 Å². The number of rotatable bonds is 4. The number of nitrogens with one attached hydrogen (secondary N) is 1. The molecular weight excluding hydrogens is 202 g/mol. The van der Waals surface area contributed by atoms with Crippen LogP contribution in [0.2, 0.25) is 0 Å². The minimum atomic E-state index is 0.459. The minimum absolute atomic E-state index is 0.459. The van der Waals surface area contributed by atoms with Crippen molar-refractivity contribution in [1.82, 2.24) is 15.1 Å². The molecule has 1 aromatic rings. The maximum absolute atomic E-state index is 5.44. The van der Waals surface area contributed by atoms with Crippen molar-refractivity contribution in [2.24, 2.45) is 5.92 Å². The summed E-state index contributed by atoms with van der Waals surface area (Å²) in [5.41, 5.74) is 2.33. The first kappa shape index (κ1) is 11.6. The van der Waals surface area contributed by atoms with E-state index in [9.17, 15) is 0 Å². The third kappa shape index (κ3) is 2.44. The summed E-state index contributed by atoms with van der Waals surface area (Å²) in [6.45, 7) is 6.86. The molecule has 16 heavy (non-hydrogen) atoms. The summed E-state index contributed by atoms with van der Waals surface area (Å²) in [4.78, 5) is 0. The van der Waals surface area contributed by atoms with Crippen LogP contribution in [0.1, 0.15) is 17.8 Å². The Morgan fingerprint density at radius 2 is 2.44 bits per heavy atom. The van der Waals surface area contributed by atoms with E-state index in [0.717, 1.165) is 31.9 Å². The van der Waals surface area contributed by atoms with E-state index < -0.39 is 0 Å². The molecule has 4 heteroatoms. The Labute approximate surface area is 97.0 Å². The van der Waals surface area contributed by atoms with Crippen LogP contribution in [0.25, 0.3) is 0 Å². The van der Waals surface area contributed by atoms with Gasteiger partial charge < -0.3 is 10.1 Å². The minimum Gasteiger partial charge on any atom is -0.381 e. The maximum Gasteiger partial charge on any atom is 0.0596 e. The van der Waals surface area contributed by atoms with Crippen LogP contribution in [0, 0.1) is 19.8 Å². The zero-order valence-electron chi connectivity index (χ0n) is 10.4. The molecule has 0 radical (unpaired) electrons. The zero-order valence-corrected chi connectivity index (χ0v) is 10.4. The van der Waals surface area contributed by atoms with Crippen molar-refractivity contribution in [3.8, 4) is 0 Å². The Kier molecular flexibility index (Phi) is 3.61. The quantitative estimate of drug-likeness (QED) is 0.831. The van der Waals surface area contributed by atoms with Gasteiger partial charge in [-0.05, 0) is 33.4 Å². The lowest BCUT2D eigenvalue weighted by Gasteiger charge is -2.22. The van der Waals surface area contributed by atoms with Gasteiger partial charge in [0, 0.05) is 24.3 Å². The summed E-state index contributed by atoms with van der Waals surface area (Å²) < 4.78 is 7.54. The largest absolute Gasteiger partial charge is 0.381 e. The van der Waals surface area contributed by atoms with Crippen LogP contribution in [-0.4, -0.2) is 36.1 Å². The molecule has 90 valence electrons. The molecule has 1 aliphatic rings. The van der Waals surface area contributed by atoms with E-state index in [1.54, 1.807) is 0 Å². The fraction of sp³-hybridized carbons (Fsp3) is 0.750. The van der Waals surface area contributed by atoms with Crippen LogP contribution in [0.4, 0.5) is 0 Å². The van der Waals surface area contributed by atoms with E-state index in [4.69, 9.17) is 4.74 Å². The molecular formula is C12H21N3O. The molecule has 4 nitrogen and oxygen atoms in total. The molecule has 2 atom stereocenters. The van der Waals surface area contributed by atoms with Gasteiger partial charge in [0.25, 0.3) is 0 Å². The highest BCUT2D eigenvalue weighted by Crippen LogP contribution is 2.18. The second kappa shape index (κ2) is 4.97. The normalized spacial score (nSPS) is 22.6. The van der Waals surface area contributed by atoms with Crippen molar-refractivity contribution >= 4 is 0 Å². The van der Waals surface area contributed by atoms with Crippen molar-refractivity contribution in [1.29, 1.82) is 0 Å². The Balaban J connectivity index is 2.03. The molecule has 1 N–H and O–H groups in total. The van der Waals surface area contributed by atoms with Gasteiger partial charge in [-0.1, -0.05) is 0 Å². The summed E-state index contributed by atoms with van der Waals surface area (Å²) in [6.07, 6.45) is 1.16. The molecule has 0 saturated carbocycles. The number of ether oxygens (including phenoxy) is 1. The summed E-state index contributed by atoms with van der Waals surface area (Å²) in [5, 5.41) is 7.89. The molecule has 1 aliphatic heterocycles. The van der Waals surface area contributed by atoms with E-state index in [2.05, 4.69) is 28.1 Å². The molecule has 0 bridgehead atoms. The van der Waals surface area contributed by atoms with Crippen molar-refractivity contribution in [3.05, 3.63) is 17.5 Å². The molecule has 0 aromatic carbocycles. The average Bonchev–Trinajstić information content (AvgIpc) is 2.85. The van der Waals surface area contributed by atoms with Crippen molar-refractivity contribution in [3.63, 3.8) is 0 Å². The molecule has 1 fully saturated rings. The molecule has 1 aromatic heterocycles. The van der Waals surface area contributed by atoms with Gasteiger partial charge in [0.2, 0.25) is 0 Å². The third-order valence-corrected chi connectivity index (χ3v) is 3.38. The third-order valence-electron chi connectivity index (χ3n) is 3.38. The molecule has 1 saturated heterocycles. The van der Waals surface area contributed by atoms with Crippen LogP contribution in [0.5, 0.6) is 0 Å². The predicted molar refractivity (Wildman–Crippen MR) is 63.5 cm³/mol. The number of hydrogen-bond acceptors (Lipinski definition) is 3. The summed E-state index contributed by atoms with van der Waals surface area (Å²) >= 11 is 0. The number of nitrogens with zero attached hydrogens (tertiary/aromatic N) is 2. The van der Waals surface area contributed by atoms with E-state index >= 15 is 0 Å². The first-order valence-electron chi connectivity index (χ1n) is 5.96. The summed E-state index contributed by atoms with van der Waals surface area (Å²) in [7, 11) is 2.02. The maximum atomic E-state index is 5.44. The molecule has 2 heterocycles. The predicted octanol–water partition coefficient (Wildman–Crippen LogP) is 1.12. The number of aromatic nitrogens is 2. The zero-order chi connectivity index (χ0) is 11.5. The van der Waals surface area contributed by atoms with E-state index in [-0.39, 0.29) is 0 Å². The first-order chi connectivity index (χ1) is 7.70. The van der Waals surface area contributed by atoms with E-state index in [1.807, 2.05) is 14.0 Å². The second-order valence-electron chi connectivity index (χ2n) is 4.63. The van der Waals surface area contributed by atoms with Gasteiger partial charge in [-0.2, -0.15) is 5.10 Å². The fourth-order valence-electron chi connectivity index (χ4n) is 2.39. The summed E-state index contributed by atoms with van der Waals surface area (Å²) in [5.74, 6) is 0.619. The highest BCUT2D eigenvalue weighted by atomic mass is 16.5. The van der Waals surface area contributed by atoms with Gasteiger partial charge in [-0.3, -0.25) is 4.68 Å². The molecule has 0 aliphatic carbocycles. The van der Waals surface area contributed by atoms with Crippen LogP contribution >= 0.6 is 0 Å². The Morgan fingerprint density at radius 3 is 2.94 bits per heavy atom. The number of likely N-dealkylation sites (N-methyl/N-ethyl adjacent to an activating group) is 1. The van der Waals surface area contributed by atoms with Crippen molar-refractivity contribution in [2.75, 3.05) is 20.3 Å². The SMILES string of the molecule is CNC(Cn1nc(C)cc1C)C1CCOC1. The molecule has 0 amide bonds. The molecule has 2 rings (SSSR count). The van der Waals surface area contributed by atoms with Crippen LogP contribution < -0.4 is 5.32 Å². The van der Waals surface area contributed by atoms with Crippen LogP contribution in [0.3, 0.4) is 0 Å². The lowest BCUT2D eigenvalue weighted by molar-refractivity contribution is 0.174. The Hall–Kier alpha value is -0.870. The van der Waals surface area contributed by atoms with Gasteiger partial charge >= 0.3 is 0 Å². The fourth-order valence-corrected chi connectivity index (χ4v) is 2.39. The standard InChI is InChI=1S/C12H21N3O/c1-9-6-10(2)15(14-9)7-12(13-3)11-4-5-16-8-11/h6,11-13H,4-5,7-8H2,1-3H3. The van der Waals surface area contributed by atoms with Gasteiger partial charge in [-0.25, -0.2) is 0 Å². The Morgan fingerprint density at radius 1 is 1.62 bits per heavy atom. The van der Waals surface area contributed by atoms with Gasteiger partial charge in [0.05, 0.1) is 18.8 Å². The lowest BCUT2D eigenvalue weighted by atomic mass is 9.99. The Bertz CT molecular complexity index is 342. The second-order valence-corrected chi connectivity index (χ2v) is 4.63. The number of hydrogen-bond donors (Lipinski definition) is 1. The monoisotopic (exact) mass is 223 g/mol. The smallest absolute Gasteiger partial charge is 0.0596 e. The number of aryl methyl sites for hydroxylation is 2. The summed E-state index contributed by atoms with van der Waals surface area (Å²) in [6, 6.07) is 2.58. The molecule has 0 spiro atoms. The highest BCUT2D eigenvalue weighted by Gasteiger charge is 2.25. The highest BCUT2D eigenvalue weighted by molar-refractivity contribution is 5.06. The van der Waals surface area contributed by atoms with Crippen LogP contribution in [-0.2, 0) is 11.3 Å². The van der Waals surface area contributed by atoms with Gasteiger partial charge in [0.1, 0.15) is 0 Å². The van der Waals surface area contributed by atoms with Gasteiger partial charge in [0.15, 0.2) is 0 Å². The van der Waals surface area contributed by atoms with E-state index in [1.165, 1.54) is 5.69 Å². The van der Waals surface area contributed by atoms with Crippen molar-refractivity contribution < 1.29 is 4.74 Å². The van der Waals surface area contributed by atoms with Crippen molar-refractivity contribution in [2.45, 2.75) is 32.9 Å².